The molecule has 0 aliphatic rings. The lowest BCUT2D eigenvalue weighted by Gasteiger charge is -2.12. The van der Waals surface area contributed by atoms with Gasteiger partial charge in [-0.2, -0.15) is 4.40 Å². The van der Waals surface area contributed by atoms with E-state index in [9.17, 15) is 4.21 Å². The predicted octanol–water partition coefficient (Wildman–Crippen LogP) is 2.73. The van der Waals surface area contributed by atoms with Crippen LogP contribution in [-0.4, -0.2) is 20.2 Å². The minimum absolute atomic E-state index is 0.320. The van der Waals surface area contributed by atoms with E-state index in [1.54, 1.807) is 12.4 Å². The van der Waals surface area contributed by atoms with Crippen molar-refractivity contribution in [2.75, 3.05) is 0 Å². The first-order valence-corrected chi connectivity index (χ1v) is 6.37. The zero-order valence-electron chi connectivity index (χ0n) is 8.90. The lowest BCUT2D eigenvalue weighted by molar-refractivity contribution is 0.651. The fourth-order valence-electron chi connectivity index (χ4n) is 0.730. The maximum atomic E-state index is 11.6. The molecule has 0 fully saturated rings. The first-order chi connectivity index (χ1) is 6.89. The summed E-state index contributed by atoms with van der Waals surface area (Å²) < 4.78 is 16.0. The lowest BCUT2D eigenvalue weighted by atomic mass is 10.3. The Morgan fingerprint density at radius 3 is 2.60 bits per heavy atom. The van der Waals surface area contributed by atoms with Crippen LogP contribution in [-0.2, 0) is 11.0 Å². The van der Waals surface area contributed by atoms with Gasteiger partial charge in [-0.15, -0.1) is 0 Å². The lowest BCUT2D eigenvalue weighted by Crippen LogP contribution is -2.19. The van der Waals surface area contributed by atoms with Gasteiger partial charge in [-0.3, -0.25) is 0 Å². The molecule has 1 atom stereocenters. The number of halogens is 1. The van der Waals surface area contributed by atoms with Gasteiger partial charge in [-0.1, -0.05) is 0 Å². The molecule has 0 amide bonds. The van der Waals surface area contributed by atoms with Crippen LogP contribution >= 0.6 is 15.9 Å². The third-order valence-electron chi connectivity index (χ3n) is 1.57. The molecule has 1 aromatic heterocycles. The van der Waals surface area contributed by atoms with Crippen molar-refractivity contribution < 1.29 is 4.21 Å². The van der Waals surface area contributed by atoms with Gasteiger partial charge in [0.25, 0.3) is 0 Å². The highest BCUT2D eigenvalue weighted by Crippen LogP contribution is 2.12. The number of aromatic nitrogens is 1. The van der Waals surface area contributed by atoms with Crippen molar-refractivity contribution in [3.05, 3.63) is 28.5 Å². The maximum absolute atomic E-state index is 11.6. The third-order valence-corrected chi connectivity index (χ3v) is 3.39. The van der Waals surface area contributed by atoms with Crippen molar-refractivity contribution in [2.45, 2.75) is 25.5 Å². The number of hydrogen-bond acceptors (Lipinski definition) is 2. The van der Waals surface area contributed by atoms with E-state index in [1.165, 1.54) is 0 Å². The smallest absolute Gasteiger partial charge is 0.144 e. The average molecular weight is 289 g/mol. The Labute approximate surface area is 101 Å². The van der Waals surface area contributed by atoms with Gasteiger partial charge in [-0.25, -0.2) is 9.19 Å². The zero-order valence-corrected chi connectivity index (χ0v) is 11.3. The Morgan fingerprint density at radius 1 is 1.47 bits per heavy atom. The Hall–Kier alpha value is -0.550. The third kappa shape index (κ3) is 4.22. The van der Waals surface area contributed by atoms with Gasteiger partial charge in [0, 0.05) is 18.0 Å². The fraction of sp³-hybridized carbons (Fsp3) is 0.400. The molecule has 5 heteroatoms. The van der Waals surface area contributed by atoms with E-state index in [1.807, 2.05) is 32.9 Å². The van der Waals surface area contributed by atoms with Crippen LogP contribution in [0.4, 0.5) is 0 Å². The van der Waals surface area contributed by atoms with E-state index < -0.39 is 11.0 Å². The molecule has 15 heavy (non-hydrogen) atoms. The van der Waals surface area contributed by atoms with Crippen LogP contribution in [0.3, 0.4) is 0 Å². The SMILES string of the molecule is CC(C)(C)S(=O)N=Cc1ccc(Br)nc1. The normalized spacial score (nSPS) is 14.4. The molecule has 3 nitrogen and oxygen atoms in total. The molecule has 0 spiro atoms. The number of pyridine rings is 1. The monoisotopic (exact) mass is 288 g/mol. The van der Waals surface area contributed by atoms with Gasteiger partial charge in [0.1, 0.15) is 15.6 Å². The highest BCUT2D eigenvalue weighted by atomic mass is 79.9. The summed E-state index contributed by atoms with van der Waals surface area (Å²) in [6.07, 6.45) is 3.26. The van der Waals surface area contributed by atoms with Gasteiger partial charge >= 0.3 is 0 Å². The quantitative estimate of drug-likeness (QED) is 0.620. The molecule has 1 heterocycles. The molecule has 0 aliphatic heterocycles. The van der Waals surface area contributed by atoms with Crippen LogP contribution in [0.5, 0.6) is 0 Å². The van der Waals surface area contributed by atoms with E-state index in [2.05, 4.69) is 25.3 Å². The Morgan fingerprint density at radius 2 is 2.13 bits per heavy atom. The number of rotatable bonds is 2. The Balaban J connectivity index is 2.74. The molecule has 82 valence electrons. The van der Waals surface area contributed by atoms with E-state index in [-0.39, 0.29) is 4.75 Å². The summed E-state index contributed by atoms with van der Waals surface area (Å²) in [6.45, 7) is 5.67. The van der Waals surface area contributed by atoms with Crippen molar-refractivity contribution in [2.24, 2.45) is 4.40 Å². The van der Waals surface area contributed by atoms with Crippen molar-refractivity contribution >= 4 is 33.1 Å². The molecule has 1 rings (SSSR count). The minimum Gasteiger partial charge on any atom is -0.249 e. The van der Waals surface area contributed by atoms with E-state index in [0.29, 0.717) is 0 Å². The summed E-state index contributed by atoms with van der Waals surface area (Å²) in [6, 6.07) is 3.68. The van der Waals surface area contributed by atoms with Gasteiger partial charge in [-0.05, 0) is 48.8 Å². The van der Waals surface area contributed by atoms with Crippen molar-refractivity contribution in [1.29, 1.82) is 0 Å². The van der Waals surface area contributed by atoms with Gasteiger partial charge in [0.05, 0.1) is 4.75 Å². The fourth-order valence-corrected chi connectivity index (χ4v) is 1.50. The first-order valence-electron chi connectivity index (χ1n) is 4.47. The number of hydrogen-bond donors (Lipinski definition) is 0. The number of nitrogens with zero attached hydrogens (tertiary/aromatic N) is 2. The van der Waals surface area contributed by atoms with Crippen LogP contribution < -0.4 is 0 Å². The second kappa shape index (κ2) is 4.99. The summed E-state index contributed by atoms with van der Waals surface area (Å²) in [5.41, 5.74) is 0.843. The molecule has 0 aromatic carbocycles. The minimum atomic E-state index is -1.21. The predicted molar refractivity (Wildman–Crippen MR) is 67.4 cm³/mol. The maximum Gasteiger partial charge on any atom is 0.144 e. The largest absolute Gasteiger partial charge is 0.249 e. The second-order valence-electron chi connectivity index (χ2n) is 4.01. The second-order valence-corrected chi connectivity index (χ2v) is 6.76. The van der Waals surface area contributed by atoms with Gasteiger partial charge < -0.3 is 0 Å². The van der Waals surface area contributed by atoms with Crippen LogP contribution in [0.2, 0.25) is 0 Å². The average Bonchev–Trinajstić information content (AvgIpc) is 2.15. The van der Waals surface area contributed by atoms with E-state index >= 15 is 0 Å². The molecule has 0 saturated carbocycles. The molecular weight excluding hydrogens is 276 g/mol. The van der Waals surface area contributed by atoms with Crippen LogP contribution in [0.15, 0.2) is 27.3 Å². The van der Waals surface area contributed by atoms with Gasteiger partial charge in [0.15, 0.2) is 0 Å². The summed E-state index contributed by atoms with van der Waals surface area (Å²) in [7, 11) is -1.21. The summed E-state index contributed by atoms with van der Waals surface area (Å²) in [5, 5.41) is 0. The summed E-state index contributed by atoms with van der Waals surface area (Å²) >= 11 is 3.24. The summed E-state index contributed by atoms with van der Waals surface area (Å²) in [4.78, 5) is 4.05. The van der Waals surface area contributed by atoms with Crippen LogP contribution in [0, 0.1) is 0 Å². The molecular formula is C10H13BrN2OS. The molecule has 0 radical (unpaired) electrons. The summed E-state index contributed by atoms with van der Waals surface area (Å²) in [5.74, 6) is 0. The molecule has 1 aromatic rings. The Kier molecular flexibility index (Phi) is 4.16. The molecule has 1 unspecified atom stereocenters. The van der Waals surface area contributed by atoms with Crippen molar-refractivity contribution in [3.63, 3.8) is 0 Å². The zero-order chi connectivity index (χ0) is 11.5. The highest BCUT2D eigenvalue weighted by Gasteiger charge is 2.17. The standard InChI is InChI=1S/C10H13BrN2OS/c1-10(2,3)15(14)13-7-8-4-5-9(11)12-6-8/h4-7H,1-3H3. The topological polar surface area (TPSA) is 42.3 Å². The van der Waals surface area contributed by atoms with E-state index in [4.69, 9.17) is 0 Å². The Bertz CT molecular complexity index is 381. The molecule has 0 N–H and O–H groups in total. The van der Waals surface area contributed by atoms with Gasteiger partial charge in [0.2, 0.25) is 0 Å². The first kappa shape index (κ1) is 12.5. The van der Waals surface area contributed by atoms with Crippen molar-refractivity contribution in [1.82, 2.24) is 4.98 Å². The van der Waals surface area contributed by atoms with E-state index in [0.717, 1.165) is 10.2 Å². The van der Waals surface area contributed by atoms with Crippen LogP contribution in [0.1, 0.15) is 26.3 Å². The molecule has 0 aliphatic carbocycles. The molecule has 0 saturated heterocycles. The highest BCUT2D eigenvalue weighted by molar-refractivity contribution is 9.10. The van der Waals surface area contributed by atoms with Crippen molar-refractivity contribution in [3.8, 4) is 0 Å². The van der Waals surface area contributed by atoms with Crippen LogP contribution in [0.25, 0.3) is 0 Å². The molecule has 0 bridgehead atoms.